The molecule has 0 fully saturated rings. The number of rotatable bonds is 9. The molecule has 160 valence electrons. The van der Waals surface area contributed by atoms with E-state index in [9.17, 15) is 9.59 Å². The number of hydrogen-bond acceptors (Lipinski definition) is 5. The molecular weight excluding hydrogens is 500 g/mol. The summed E-state index contributed by atoms with van der Waals surface area (Å²) in [6.07, 6.45) is 1.72. The number of thioether (sulfide) groups is 1. The zero-order valence-electron chi connectivity index (χ0n) is 16.7. The first-order chi connectivity index (χ1) is 14.9. The van der Waals surface area contributed by atoms with Gasteiger partial charge in [0.1, 0.15) is 0 Å². The van der Waals surface area contributed by atoms with E-state index in [4.69, 9.17) is 11.6 Å². The molecule has 3 rings (SSSR count). The standard InChI is InChI=1S/C22H20BrClN4O2S/c1-3-11-28-20(14(2)25-21(30)16-5-4-6-18(24)12-16)26-27-22(28)31-13-19(29)15-7-9-17(23)10-8-15/h3-10,12,14H,1,11,13H2,2H3,(H,25,30). The Balaban J connectivity index is 1.71. The van der Waals surface area contributed by atoms with Crippen LogP contribution in [0.25, 0.3) is 0 Å². The van der Waals surface area contributed by atoms with E-state index in [0.29, 0.717) is 33.7 Å². The van der Waals surface area contributed by atoms with Gasteiger partial charge in [0.05, 0.1) is 11.8 Å². The summed E-state index contributed by atoms with van der Waals surface area (Å²) in [6, 6.07) is 13.5. The van der Waals surface area contributed by atoms with Crippen molar-refractivity contribution in [3.63, 3.8) is 0 Å². The number of amides is 1. The van der Waals surface area contributed by atoms with Gasteiger partial charge in [-0.15, -0.1) is 16.8 Å². The quantitative estimate of drug-likeness (QED) is 0.234. The topological polar surface area (TPSA) is 76.9 Å². The van der Waals surface area contributed by atoms with E-state index in [1.54, 1.807) is 42.5 Å². The minimum Gasteiger partial charge on any atom is -0.342 e. The molecule has 0 spiro atoms. The number of carbonyl (C=O) groups excluding carboxylic acids is 2. The van der Waals surface area contributed by atoms with Crippen molar-refractivity contribution >= 4 is 51.0 Å². The van der Waals surface area contributed by atoms with Crippen LogP contribution in [0.3, 0.4) is 0 Å². The molecule has 1 amide bonds. The lowest BCUT2D eigenvalue weighted by atomic mass is 10.2. The molecule has 1 aromatic heterocycles. The number of Topliss-reactive ketones (excluding diaryl/α,β-unsaturated/α-hetero) is 1. The van der Waals surface area contributed by atoms with Crippen LogP contribution in [0.15, 0.2) is 70.8 Å². The SMILES string of the molecule is C=CCn1c(SCC(=O)c2ccc(Br)cc2)nnc1C(C)NC(=O)c1cccc(Cl)c1. The van der Waals surface area contributed by atoms with E-state index in [2.05, 4.69) is 38.0 Å². The highest BCUT2D eigenvalue weighted by Crippen LogP contribution is 2.23. The van der Waals surface area contributed by atoms with Gasteiger partial charge in [0.25, 0.3) is 5.91 Å². The van der Waals surface area contributed by atoms with Crippen molar-refractivity contribution < 1.29 is 9.59 Å². The molecule has 1 N–H and O–H groups in total. The van der Waals surface area contributed by atoms with Crippen LogP contribution in [-0.2, 0) is 6.54 Å². The van der Waals surface area contributed by atoms with E-state index < -0.39 is 6.04 Å². The number of halogens is 2. The molecule has 9 heteroatoms. The monoisotopic (exact) mass is 518 g/mol. The van der Waals surface area contributed by atoms with E-state index in [0.717, 1.165) is 4.47 Å². The molecule has 0 saturated carbocycles. The van der Waals surface area contributed by atoms with Crippen LogP contribution in [0.2, 0.25) is 5.02 Å². The Hall–Kier alpha value is -2.42. The van der Waals surface area contributed by atoms with E-state index in [1.165, 1.54) is 11.8 Å². The summed E-state index contributed by atoms with van der Waals surface area (Å²) in [5.41, 5.74) is 1.09. The first-order valence-electron chi connectivity index (χ1n) is 9.41. The molecule has 1 heterocycles. The minimum atomic E-state index is -0.407. The van der Waals surface area contributed by atoms with Crippen LogP contribution in [0.5, 0.6) is 0 Å². The number of aromatic nitrogens is 3. The Morgan fingerprint density at radius 2 is 1.97 bits per heavy atom. The summed E-state index contributed by atoms with van der Waals surface area (Å²) in [5.74, 6) is 0.534. The molecule has 0 saturated heterocycles. The second kappa shape index (κ2) is 10.7. The van der Waals surface area contributed by atoms with Crippen LogP contribution < -0.4 is 5.32 Å². The normalized spacial score (nSPS) is 11.7. The molecule has 0 aliphatic rings. The van der Waals surface area contributed by atoms with E-state index >= 15 is 0 Å². The molecule has 0 aliphatic heterocycles. The zero-order chi connectivity index (χ0) is 22.4. The van der Waals surface area contributed by atoms with Crippen molar-refractivity contribution in [2.24, 2.45) is 0 Å². The van der Waals surface area contributed by atoms with Crippen LogP contribution in [0.4, 0.5) is 0 Å². The number of nitrogens with one attached hydrogen (secondary N) is 1. The maximum Gasteiger partial charge on any atom is 0.251 e. The van der Waals surface area contributed by atoms with E-state index in [1.807, 2.05) is 23.6 Å². The molecular formula is C22H20BrClN4O2S. The molecule has 1 atom stereocenters. The number of allylic oxidation sites excluding steroid dienone is 1. The Kier molecular flexibility index (Phi) is 8.06. The second-order valence-corrected chi connectivity index (χ2v) is 8.96. The van der Waals surface area contributed by atoms with Crippen molar-refractivity contribution in [3.8, 4) is 0 Å². The number of ketones is 1. The minimum absolute atomic E-state index is 0.00508. The summed E-state index contributed by atoms with van der Waals surface area (Å²) in [6.45, 7) is 6.07. The molecule has 0 bridgehead atoms. The van der Waals surface area contributed by atoms with E-state index in [-0.39, 0.29) is 17.4 Å². The number of hydrogen-bond donors (Lipinski definition) is 1. The van der Waals surface area contributed by atoms with Crippen molar-refractivity contribution in [1.82, 2.24) is 20.1 Å². The molecule has 0 radical (unpaired) electrons. The summed E-state index contributed by atoms with van der Waals surface area (Å²) < 4.78 is 2.76. The summed E-state index contributed by atoms with van der Waals surface area (Å²) in [4.78, 5) is 25.0. The summed E-state index contributed by atoms with van der Waals surface area (Å²) >= 11 is 10.6. The van der Waals surface area contributed by atoms with Gasteiger partial charge < -0.3 is 9.88 Å². The predicted octanol–water partition coefficient (Wildman–Crippen LogP) is 5.35. The van der Waals surface area contributed by atoms with Crippen LogP contribution in [-0.4, -0.2) is 32.2 Å². The van der Waals surface area contributed by atoms with Gasteiger partial charge in [-0.2, -0.15) is 0 Å². The fourth-order valence-corrected chi connectivity index (χ4v) is 4.16. The highest BCUT2D eigenvalue weighted by atomic mass is 79.9. The highest BCUT2D eigenvalue weighted by molar-refractivity contribution is 9.10. The number of benzene rings is 2. The Morgan fingerprint density at radius 1 is 1.23 bits per heavy atom. The van der Waals surface area contributed by atoms with Gasteiger partial charge in [-0.3, -0.25) is 9.59 Å². The average Bonchev–Trinajstić information content (AvgIpc) is 3.15. The molecule has 1 unspecified atom stereocenters. The fourth-order valence-electron chi connectivity index (χ4n) is 2.85. The predicted molar refractivity (Wildman–Crippen MR) is 127 cm³/mol. The van der Waals surface area contributed by atoms with Crippen LogP contribution in [0, 0.1) is 0 Å². The van der Waals surface area contributed by atoms with Crippen LogP contribution >= 0.6 is 39.3 Å². The number of nitrogens with zero attached hydrogens (tertiary/aromatic N) is 3. The lowest BCUT2D eigenvalue weighted by Crippen LogP contribution is -2.28. The van der Waals surface area contributed by atoms with Crippen molar-refractivity contribution in [3.05, 3.63) is 87.6 Å². The van der Waals surface area contributed by atoms with Gasteiger partial charge in [-0.05, 0) is 37.3 Å². The van der Waals surface area contributed by atoms with Crippen LogP contribution in [0.1, 0.15) is 39.5 Å². The van der Waals surface area contributed by atoms with Gasteiger partial charge in [0.15, 0.2) is 16.8 Å². The first-order valence-corrected chi connectivity index (χ1v) is 11.6. The average molecular weight is 520 g/mol. The van der Waals surface area contributed by atoms with Crippen molar-refractivity contribution in [1.29, 1.82) is 0 Å². The molecule has 0 aliphatic carbocycles. The fraction of sp³-hybridized carbons (Fsp3) is 0.182. The Labute approximate surface area is 198 Å². The van der Waals surface area contributed by atoms with Crippen molar-refractivity contribution in [2.75, 3.05) is 5.75 Å². The third-order valence-corrected chi connectivity index (χ3v) is 6.11. The smallest absolute Gasteiger partial charge is 0.251 e. The molecule has 3 aromatic rings. The molecule has 2 aromatic carbocycles. The third-order valence-electron chi connectivity index (χ3n) is 4.38. The third kappa shape index (κ3) is 6.06. The first kappa shape index (κ1) is 23.2. The lowest BCUT2D eigenvalue weighted by Gasteiger charge is -2.15. The zero-order valence-corrected chi connectivity index (χ0v) is 19.9. The Morgan fingerprint density at radius 3 is 2.65 bits per heavy atom. The van der Waals surface area contributed by atoms with Gasteiger partial charge in [-0.25, -0.2) is 0 Å². The summed E-state index contributed by atoms with van der Waals surface area (Å²) in [5, 5.41) is 12.5. The van der Waals surface area contributed by atoms with Crippen molar-refractivity contribution in [2.45, 2.75) is 24.7 Å². The molecule has 31 heavy (non-hydrogen) atoms. The Bertz CT molecular complexity index is 1100. The summed E-state index contributed by atoms with van der Waals surface area (Å²) in [7, 11) is 0. The highest BCUT2D eigenvalue weighted by Gasteiger charge is 2.20. The maximum atomic E-state index is 12.6. The maximum absolute atomic E-state index is 12.6. The largest absolute Gasteiger partial charge is 0.342 e. The van der Waals surface area contributed by atoms with Gasteiger partial charge in [0, 0.05) is 27.2 Å². The number of carbonyl (C=O) groups is 2. The lowest BCUT2D eigenvalue weighted by molar-refractivity contribution is 0.0937. The van der Waals surface area contributed by atoms with Gasteiger partial charge in [-0.1, -0.05) is 63.6 Å². The second-order valence-electron chi connectivity index (χ2n) is 6.66. The van der Waals surface area contributed by atoms with Gasteiger partial charge in [0.2, 0.25) is 0 Å². The van der Waals surface area contributed by atoms with Gasteiger partial charge >= 0.3 is 0 Å². The molecule has 6 nitrogen and oxygen atoms in total.